The summed E-state index contributed by atoms with van der Waals surface area (Å²) in [6.07, 6.45) is 3.29. The van der Waals surface area contributed by atoms with Gasteiger partial charge in [0.05, 0.1) is 18.7 Å². The Morgan fingerprint density at radius 1 is 1.08 bits per heavy atom. The van der Waals surface area contributed by atoms with Crippen LogP contribution in [-0.2, 0) is 20.9 Å². The second-order valence-corrected chi connectivity index (χ2v) is 12.3. The van der Waals surface area contributed by atoms with E-state index in [1.807, 2.05) is 35.2 Å². The topological polar surface area (TPSA) is 80.1 Å². The molecule has 7 nitrogen and oxygen atoms in total. The molecule has 0 radical (unpaired) electrons. The van der Waals surface area contributed by atoms with Crippen LogP contribution in [0.2, 0.25) is 0 Å². The summed E-state index contributed by atoms with van der Waals surface area (Å²) in [6, 6.07) is 13.3. The Balaban J connectivity index is 1.38. The molecular formula is C31H38N2O5. The van der Waals surface area contributed by atoms with Crippen molar-refractivity contribution in [2.24, 2.45) is 10.8 Å². The van der Waals surface area contributed by atoms with E-state index in [0.717, 1.165) is 31.4 Å². The molecule has 2 fully saturated rings. The maximum Gasteiger partial charge on any atom is 0.336 e. The van der Waals surface area contributed by atoms with Crippen molar-refractivity contribution in [2.45, 2.75) is 78.8 Å². The first-order valence-corrected chi connectivity index (χ1v) is 13.6. The van der Waals surface area contributed by atoms with Gasteiger partial charge >= 0.3 is 5.97 Å². The summed E-state index contributed by atoms with van der Waals surface area (Å²) in [5, 5.41) is 0. The molecule has 202 valence electrons. The second kappa shape index (κ2) is 9.75. The predicted molar refractivity (Wildman–Crippen MR) is 143 cm³/mol. The first kappa shape index (κ1) is 26.3. The Bertz CT molecular complexity index is 1280. The fourth-order valence-corrected chi connectivity index (χ4v) is 7.22. The maximum absolute atomic E-state index is 13.5. The van der Waals surface area contributed by atoms with Crippen LogP contribution < -0.4 is 0 Å². The van der Waals surface area contributed by atoms with Crippen molar-refractivity contribution in [1.82, 2.24) is 9.80 Å². The van der Waals surface area contributed by atoms with Gasteiger partial charge in [0.25, 0.3) is 5.91 Å². The molecule has 3 aliphatic rings. The van der Waals surface area contributed by atoms with Gasteiger partial charge in [-0.15, -0.1) is 0 Å². The van der Waals surface area contributed by atoms with Crippen LogP contribution in [-0.4, -0.2) is 46.8 Å². The summed E-state index contributed by atoms with van der Waals surface area (Å²) in [4.78, 5) is 43.4. The van der Waals surface area contributed by atoms with Gasteiger partial charge in [0.1, 0.15) is 5.76 Å². The zero-order chi connectivity index (χ0) is 27.2. The zero-order valence-corrected chi connectivity index (χ0v) is 23.1. The normalized spacial score (nSPS) is 26.6. The SMILES string of the molecule is CCOC(=O)C1=C(C)N(Cc2ccc(C(=O)N3CC4(C)CC3CC(C)(C)C4)o2)C(=O)CC1c1ccccc1. The van der Waals surface area contributed by atoms with Gasteiger partial charge in [-0.05, 0) is 61.6 Å². The third-order valence-electron chi connectivity index (χ3n) is 8.38. The Morgan fingerprint density at radius 2 is 1.82 bits per heavy atom. The molecule has 7 heteroatoms. The highest BCUT2D eigenvalue weighted by atomic mass is 16.5. The number of furan rings is 1. The van der Waals surface area contributed by atoms with Crippen molar-refractivity contribution in [3.63, 3.8) is 0 Å². The molecule has 5 rings (SSSR count). The molecule has 2 amide bonds. The number of likely N-dealkylation sites (tertiary alicyclic amines) is 1. The largest absolute Gasteiger partial charge is 0.463 e. The van der Waals surface area contributed by atoms with Crippen LogP contribution in [0.1, 0.15) is 88.1 Å². The van der Waals surface area contributed by atoms with Crippen LogP contribution in [0.5, 0.6) is 0 Å². The number of nitrogens with zero attached hydrogens (tertiary/aromatic N) is 2. The minimum Gasteiger partial charge on any atom is -0.463 e. The lowest BCUT2D eigenvalue weighted by Gasteiger charge is -2.39. The predicted octanol–water partition coefficient (Wildman–Crippen LogP) is 5.67. The van der Waals surface area contributed by atoms with Crippen molar-refractivity contribution in [3.05, 3.63) is 70.8 Å². The van der Waals surface area contributed by atoms with Crippen LogP contribution >= 0.6 is 0 Å². The average Bonchev–Trinajstić information content (AvgIpc) is 3.42. The Hall–Kier alpha value is -3.35. The molecule has 1 aromatic heterocycles. The minimum atomic E-state index is -0.414. The molecule has 38 heavy (non-hydrogen) atoms. The van der Waals surface area contributed by atoms with Crippen LogP contribution in [0, 0.1) is 10.8 Å². The fourth-order valence-electron chi connectivity index (χ4n) is 7.22. The number of esters is 1. The average molecular weight is 519 g/mol. The van der Waals surface area contributed by atoms with Crippen LogP contribution in [0.25, 0.3) is 0 Å². The number of hydrogen-bond donors (Lipinski definition) is 0. The van der Waals surface area contributed by atoms with Gasteiger partial charge < -0.3 is 19.0 Å². The lowest BCUT2D eigenvalue weighted by atomic mass is 9.65. The van der Waals surface area contributed by atoms with E-state index in [1.54, 1.807) is 30.9 Å². The first-order chi connectivity index (χ1) is 18.0. The van der Waals surface area contributed by atoms with Crippen LogP contribution in [0.4, 0.5) is 0 Å². The molecular weight excluding hydrogens is 480 g/mol. The van der Waals surface area contributed by atoms with E-state index >= 15 is 0 Å². The number of amides is 2. The number of ether oxygens (including phenoxy) is 1. The van der Waals surface area contributed by atoms with Crippen molar-refractivity contribution >= 4 is 17.8 Å². The van der Waals surface area contributed by atoms with E-state index in [4.69, 9.17) is 9.15 Å². The molecule has 2 bridgehead atoms. The van der Waals surface area contributed by atoms with E-state index in [9.17, 15) is 14.4 Å². The van der Waals surface area contributed by atoms with Gasteiger partial charge in [-0.3, -0.25) is 9.59 Å². The molecule has 3 heterocycles. The zero-order valence-electron chi connectivity index (χ0n) is 23.1. The van der Waals surface area contributed by atoms with Gasteiger partial charge in [0.15, 0.2) is 5.76 Å². The number of allylic oxidation sites excluding steroid dienone is 1. The summed E-state index contributed by atoms with van der Waals surface area (Å²) in [5.41, 5.74) is 2.30. The molecule has 3 atom stereocenters. The van der Waals surface area contributed by atoms with E-state index in [2.05, 4.69) is 20.8 Å². The monoisotopic (exact) mass is 518 g/mol. The smallest absolute Gasteiger partial charge is 0.336 e. The number of fused-ring (bicyclic) bond motifs is 2. The Kier molecular flexibility index (Phi) is 6.74. The molecule has 1 saturated carbocycles. The highest BCUT2D eigenvalue weighted by Crippen LogP contribution is 2.52. The maximum atomic E-state index is 13.5. The summed E-state index contributed by atoms with van der Waals surface area (Å²) >= 11 is 0. The number of benzene rings is 1. The quantitative estimate of drug-likeness (QED) is 0.460. The van der Waals surface area contributed by atoms with E-state index in [-0.39, 0.29) is 54.2 Å². The van der Waals surface area contributed by atoms with Crippen LogP contribution in [0.3, 0.4) is 0 Å². The number of carbonyl (C=O) groups is 3. The van der Waals surface area contributed by atoms with Gasteiger partial charge in [0, 0.05) is 30.6 Å². The number of rotatable bonds is 6. The van der Waals surface area contributed by atoms with Gasteiger partial charge in [-0.1, -0.05) is 51.1 Å². The van der Waals surface area contributed by atoms with Gasteiger partial charge in [-0.2, -0.15) is 0 Å². The molecule has 1 saturated heterocycles. The van der Waals surface area contributed by atoms with Crippen LogP contribution in [0.15, 0.2) is 58.2 Å². The summed E-state index contributed by atoms with van der Waals surface area (Å²) in [6.45, 7) is 11.5. The van der Waals surface area contributed by atoms with Crippen molar-refractivity contribution in [3.8, 4) is 0 Å². The standard InChI is InChI=1S/C31H38N2O5/c1-6-37-29(36)27-20(2)32(26(34)14-24(27)21-10-8-7-9-11-21)17-23-12-13-25(38-23)28(35)33-19-31(5)16-22(33)15-30(3,4)18-31/h7-13,22,24H,6,14-19H2,1-5H3. The summed E-state index contributed by atoms with van der Waals surface area (Å²) in [5.74, 6) is -0.159. The van der Waals surface area contributed by atoms with E-state index in [1.165, 1.54) is 0 Å². The van der Waals surface area contributed by atoms with E-state index < -0.39 is 5.97 Å². The molecule has 1 aliphatic carbocycles. The first-order valence-electron chi connectivity index (χ1n) is 13.6. The van der Waals surface area contributed by atoms with Crippen molar-refractivity contribution < 1.29 is 23.5 Å². The van der Waals surface area contributed by atoms with E-state index in [0.29, 0.717) is 22.8 Å². The third-order valence-corrected chi connectivity index (χ3v) is 8.38. The highest BCUT2D eigenvalue weighted by molar-refractivity contribution is 5.96. The molecule has 2 aliphatic heterocycles. The Labute approximate surface area is 224 Å². The van der Waals surface area contributed by atoms with Gasteiger partial charge in [-0.25, -0.2) is 4.79 Å². The molecule has 2 aromatic rings. The lowest BCUT2D eigenvalue weighted by Crippen LogP contribution is -2.38. The summed E-state index contributed by atoms with van der Waals surface area (Å²) in [7, 11) is 0. The fraction of sp³-hybridized carbons (Fsp3) is 0.516. The third kappa shape index (κ3) is 4.91. The molecule has 3 unspecified atom stereocenters. The molecule has 1 aromatic carbocycles. The molecule has 0 spiro atoms. The number of hydrogen-bond acceptors (Lipinski definition) is 5. The van der Waals surface area contributed by atoms with Crippen molar-refractivity contribution in [1.29, 1.82) is 0 Å². The second-order valence-electron chi connectivity index (χ2n) is 12.3. The lowest BCUT2D eigenvalue weighted by molar-refractivity contribution is -0.140. The molecule has 0 N–H and O–H groups in total. The van der Waals surface area contributed by atoms with Gasteiger partial charge in [0.2, 0.25) is 5.91 Å². The van der Waals surface area contributed by atoms with Crippen molar-refractivity contribution in [2.75, 3.05) is 13.2 Å². The Morgan fingerprint density at radius 3 is 2.53 bits per heavy atom. The summed E-state index contributed by atoms with van der Waals surface area (Å²) < 4.78 is 11.4. The minimum absolute atomic E-state index is 0.0868. The number of carbonyl (C=O) groups excluding carboxylic acids is 3. The highest BCUT2D eigenvalue weighted by Gasteiger charge is 2.51.